The Morgan fingerprint density at radius 1 is 1.32 bits per heavy atom. The molecule has 0 saturated carbocycles. The maximum atomic E-state index is 12.4. The van der Waals surface area contributed by atoms with Crippen molar-refractivity contribution in [2.75, 3.05) is 33.3 Å². The molecule has 2 atom stereocenters. The summed E-state index contributed by atoms with van der Waals surface area (Å²) in [5.74, 6) is 2.33. The zero-order chi connectivity index (χ0) is 13.2. The van der Waals surface area contributed by atoms with E-state index in [9.17, 15) is 4.79 Å². The minimum Gasteiger partial charge on any atom is -0.496 e. The molecule has 0 bridgehead atoms. The van der Waals surface area contributed by atoms with E-state index < -0.39 is 0 Å². The molecule has 2 unspecified atom stereocenters. The van der Waals surface area contributed by atoms with Crippen molar-refractivity contribution in [3.63, 3.8) is 0 Å². The summed E-state index contributed by atoms with van der Waals surface area (Å²) in [7, 11) is 1.65. The molecule has 4 nitrogen and oxygen atoms in total. The van der Waals surface area contributed by atoms with Crippen LogP contribution < -0.4 is 10.1 Å². The topological polar surface area (TPSA) is 41.6 Å². The van der Waals surface area contributed by atoms with Gasteiger partial charge in [0, 0.05) is 31.7 Å². The lowest BCUT2D eigenvalue weighted by atomic mass is 10.0. The molecular weight excluding hydrogens is 240 g/mol. The zero-order valence-corrected chi connectivity index (χ0v) is 11.3. The molecule has 2 saturated heterocycles. The second-order valence-electron chi connectivity index (χ2n) is 5.47. The number of hydrogen-bond donors (Lipinski definition) is 1. The summed E-state index contributed by atoms with van der Waals surface area (Å²) in [5, 5.41) is 3.39. The summed E-state index contributed by atoms with van der Waals surface area (Å²) in [5.41, 5.74) is 0.977. The van der Waals surface area contributed by atoms with Crippen LogP contribution in [0, 0.1) is 11.8 Å². The number of carbonyl (C=O) groups is 1. The smallest absolute Gasteiger partial charge is 0.227 e. The van der Waals surface area contributed by atoms with E-state index in [4.69, 9.17) is 4.74 Å². The lowest BCUT2D eigenvalue weighted by Gasteiger charge is -2.18. The largest absolute Gasteiger partial charge is 0.496 e. The first-order chi connectivity index (χ1) is 9.28. The molecule has 2 aliphatic rings. The molecule has 2 fully saturated rings. The first-order valence-electron chi connectivity index (χ1n) is 6.88. The van der Waals surface area contributed by atoms with Crippen molar-refractivity contribution in [2.24, 2.45) is 11.8 Å². The lowest BCUT2D eigenvalue weighted by molar-refractivity contribution is -0.129. The number of nitrogens with zero attached hydrogens (tertiary/aromatic N) is 1. The molecular formula is C15H20N2O2. The molecule has 4 heteroatoms. The molecule has 102 valence electrons. The molecule has 3 rings (SSSR count). The van der Waals surface area contributed by atoms with Gasteiger partial charge in [-0.15, -0.1) is 0 Å². The van der Waals surface area contributed by atoms with E-state index in [0.29, 0.717) is 18.3 Å². The second-order valence-corrected chi connectivity index (χ2v) is 5.47. The van der Waals surface area contributed by atoms with Crippen LogP contribution in [0.1, 0.15) is 5.56 Å². The van der Waals surface area contributed by atoms with Gasteiger partial charge in [0.05, 0.1) is 13.5 Å². The van der Waals surface area contributed by atoms with E-state index in [1.54, 1.807) is 7.11 Å². The molecule has 0 aromatic heterocycles. The quantitative estimate of drug-likeness (QED) is 0.878. The van der Waals surface area contributed by atoms with Crippen molar-refractivity contribution >= 4 is 5.91 Å². The standard InChI is InChI=1S/C15H20N2O2/c1-19-14-5-3-2-4-11(14)6-15(18)17-9-12-7-16-8-13(12)10-17/h2-5,12-13,16H,6-10H2,1H3. The van der Waals surface area contributed by atoms with Crippen molar-refractivity contribution in [2.45, 2.75) is 6.42 Å². The Labute approximate surface area is 113 Å². The molecule has 0 aliphatic carbocycles. The van der Waals surface area contributed by atoms with Gasteiger partial charge < -0.3 is 15.0 Å². The van der Waals surface area contributed by atoms with E-state index in [2.05, 4.69) is 5.32 Å². The predicted octanol–water partition coefficient (Wildman–Crippen LogP) is 0.915. The van der Waals surface area contributed by atoms with Gasteiger partial charge in [-0.2, -0.15) is 0 Å². The van der Waals surface area contributed by atoms with E-state index in [1.165, 1.54) is 0 Å². The fraction of sp³-hybridized carbons (Fsp3) is 0.533. The van der Waals surface area contributed by atoms with Gasteiger partial charge in [0.15, 0.2) is 0 Å². The van der Waals surface area contributed by atoms with Crippen molar-refractivity contribution in [3.8, 4) is 5.75 Å². The number of benzene rings is 1. The number of amides is 1. The van der Waals surface area contributed by atoms with Crippen molar-refractivity contribution < 1.29 is 9.53 Å². The van der Waals surface area contributed by atoms with E-state index in [1.807, 2.05) is 29.2 Å². The average Bonchev–Trinajstić information content (AvgIpc) is 3.00. The summed E-state index contributed by atoms with van der Waals surface area (Å²) in [6.07, 6.45) is 0.441. The average molecular weight is 260 g/mol. The molecule has 2 aliphatic heterocycles. The summed E-state index contributed by atoms with van der Waals surface area (Å²) < 4.78 is 5.30. The second kappa shape index (κ2) is 5.21. The summed E-state index contributed by atoms with van der Waals surface area (Å²) in [6.45, 7) is 3.93. The van der Waals surface area contributed by atoms with Crippen molar-refractivity contribution in [3.05, 3.63) is 29.8 Å². The van der Waals surface area contributed by atoms with Crippen LogP contribution in [0.2, 0.25) is 0 Å². The summed E-state index contributed by atoms with van der Waals surface area (Å²) >= 11 is 0. The normalized spacial score (nSPS) is 25.4. The highest BCUT2D eigenvalue weighted by molar-refractivity contribution is 5.79. The third-order valence-corrected chi connectivity index (χ3v) is 4.28. The number of ether oxygens (including phenoxy) is 1. The van der Waals surface area contributed by atoms with E-state index in [-0.39, 0.29) is 5.91 Å². The maximum Gasteiger partial charge on any atom is 0.227 e. The molecule has 1 aromatic rings. The molecule has 1 aromatic carbocycles. The first kappa shape index (κ1) is 12.5. The molecule has 0 spiro atoms. The maximum absolute atomic E-state index is 12.4. The highest BCUT2D eigenvalue weighted by Gasteiger charge is 2.37. The Morgan fingerprint density at radius 2 is 2.00 bits per heavy atom. The van der Waals surface area contributed by atoms with Crippen LogP contribution in [0.3, 0.4) is 0 Å². The number of carbonyl (C=O) groups excluding carboxylic acids is 1. The molecule has 19 heavy (non-hydrogen) atoms. The Balaban J connectivity index is 1.65. The number of para-hydroxylation sites is 1. The van der Waals surface area contributed by atoms with Gasteiger partial charge >= 0.3 is 0 Å². The monoisotopic (exact) mass is 260 g/mol. The number of likely N-dealkylation sites (tertiary alicyclic amines) is 1. The summed E-state index contributed by atoms with van der Waals surface area (Å²) in [6, 6.07) is 7.76. The number of rotatable bonds is 3. The highest BCUT2D eigenvalue weighted by atomic mass is 16.5. The van der Waals surface area contributed by atoms with Crippen LogP contribution in [-0.4, -0.2) is 44.1 Å². The predicted molar refractivity (Wildman–Crippen MR) is 73.1 cm³/mol. The first-order valence-corrected chi connectivity index (χ1v) is 6.88. The van der Waals surface area contributed by atoms with Crippen LogP contribution in [0.15, 0.2) is 24.3 Å². The van der Waals surface area contributed by atoms with Crippen LogP contribution in [0.25, 0.3) is 0 Å². The van der Waals surface area contributed by atoms with Crippen LogP contribution in [0.4, 0.5) is 0 Å². The van der Waals surface area contributed by atoms with Gasteiger partial charge in [0.25, 0.3) is 0 Å². The van der Waals surface area contributed by atoms with Crippen LogP contribution in [-0.2, 0) is 11.2 Å². The Hall–Kier alpha value is -1.55. The van der Waals surface area contributed by atoms with E-state index >= 15 is 0 Å². The number of hydrogen-bond acceptors (Lipinski definition) is 3. The van der Waals surface area contributed by atoms with E-state index in [0.717, 1.165) is 37.5 Å². The van der Waals surface area contributed by atoms with Crippen LogP contribution >= 0.6 is 0 Å². The van der Waals surface area contributed by atoms with Gasteiger partial charge in [-0.05, 0) is 17.9 Å². The lowest BCUT2D eigenvalue weighted by Crippen LogP contribution is -2.33. The minimum absolute atomic E-state index is 0.221. The van der Waals surface area contributed by atoms with Crippen molar-refractivity contribution in [1.82, 2.24) is 10.2 Å². The summed E-state index contributed by atoms with van der Waals surface area (Å²) in [4.78, 5) is 14.4. The van der Waals surface area contributed by atoms with Gasteiger partial charge in [0.2, 0.25) is 5.91 Å². The van der Waals surface area contributed by atoms with Crippen LogP contribution in [0.5, 0.6) is 5.75 Å². The highest BCUT2D eigenvalue weighted by Crippen LogP contribution is 2.27. The number of methoxy groups -OCH3 is 1. The Kier molecular flexibility index (Phi) is 3.42. The molecule has 2 heterocycles. The minimum atomic E-state index is 0.221. The number of fused-ring (bicyclic) bond motifs is 1. The molecule has 0 radical (unpaired) electrons. The fourth-order valence-corrected chi connectivity index (χ4v) is 3.18. The van der Waals surface area contributed by atoms with Gasteiger partial charge in [-0.1, -0.05) is 18.2 Å². The number of nitrogens with one attached hydrogen (secondary N) is 1. The van der Waals surface area contributed by atoms with Gasteiger partial charge in [-0.25, -0.2) is 0 Å². The fourth-order valence-electron chi connectivity index (χ4n) is 3.18. The molecule has 1 N–H and O–H groups in total. The molecule has 1 amide bonds. The van der Waals surface area contributed by atoms with Gasteiger partial charge in [-0.3, -0.25) is 4.79 Å². The SMILES string of the molecule is COc1ccccc1CC(=O)N1CC2CNCC2C1. The third kappa shape index (κ3) is 2.45. The Morgan fingerprint density at radius 3 is 2.68 bits per heavy atom. The Bertz CT molecular complexity index is 463. The van der Waals surface area contributed by atoms with Gasteiger partial charge in [0.1, 0.15) is 5.75 Å². The third-order valence-electron chi connectivity index (χ3n) is 4.28. The van der Waals surface area contributed by atoms with Crippen molar-refractivity contribution in [1.29, 1.82) is 0 Å². The zero-order valence-electron chi connectivity index (χ0n) is 11.3.